The van der Waals surface area contributed by atoms with Crippen LogP contribution in [0.1, 0.15) is 10.4 Å². The standard InChI is InChI=1S/C7H7NO3.Na.H/c8-11-7(10)5-3-1-2-4-6(5)9;;/h1-4,9H,8H2;;. The predicted molar refractivity (Wildman–Crippen MR) is 44.9 cm³/mol. The van der Waals surface area contributed by atoms with Gasteiger partial charge in [-0.05, 0) is 12.1 Å². The summed E-state index contributed by atoms with van der Waals surface area (Å²) >= 11 is 0. The zero-order chi connectivity index (χ0) is 8.27. The molecule has 60 valence electrons. The van der Waals surface area contributed by atoms with E-state index in [2.05, 4.69) is 10.7 Å². The molecule has 0 aliphatic heterocycles. The molecule has 0 bridgehead atoms. The van der Waals surface area contributed by atoms with E-state index >= 15 is 0 Å². The van der Waals surface area contributed by atoms with Crippen LogP contribution in [0, 0.1) is 0 Å². The third kappa shape index (κ3) is 2.49. The fraction of sp³-hybridized carbons (Fsp3) is 0. The summed E-state index contributed by atoms with van der Waals surface area (Å²) in [5.41, 5.74) is 0.0648. The van der Waals surface area contributed by atoms with Gasteiger partial charge in [-0.1, -0.05) is 12.1 Å². The molecular weight excluding hydrogens is 169 g/mol. The number of para-hydroxylation sites is 1. The molecule has 0 radical (unpaired) electrons. The number of nitrogens with two attached hydrogens (primary N) is 1. The summed E-state index contributed by atoms with van der Waals surface area (Å²) < 4.78 is 0. The van der Waals surface area contributed by atoms with Gasteiger partial charge in [-0.2, -0.15) is 5.90 Å². The zero-order valence-electron chi connectivity index (χ0n) is 5.65. The summed E-state index contributed by atoms with van der Waals surface area (Å²) in [6, 6.07) is 6.01. The van der Waals surface area contributed by atoms with Crippen LogP contribution < -0.4 is 5.90 Å². The van der Waals surface area contributed by atoms with Crippen LogP contribution in [0.25, 0.3) is 0 Å². The Hall–Kier alpha value is -0.550. The Morgan fingerprint density at radius 1 is 1.42 bits per heavy atom. The molecule has 3 N–H and O–H groups in total. The summed E-state index contributed by atoms with van der Waals surface area (Å²) in [6.45, 7) is 0. The van der Waals surface area contributed by atoms with E-state index in [1.54, 1.807) is 12.1 Å². The Bertz CT molecular complexity index is 277. The van der Waals surface area contributed by atoms with Gasteiger partial charge < -0.3 is 9.94 Å². The van der Waals surface area contributed by atoms with Crippen LogP contribution in [0.3, 0.4) is 0 Å². The van der Waals surface area contributed by atoms with E-state index in [-0.39, 0.29) is 40.9 Å². The molecule has 0 aliphatic rings. The average Bonchev–Trinajstić information content (AvgIpc) is 2.04. The first-order chi connectivity index (χ1) is 5.25. The number of benzene rings is 1. The Balaban J connectivity index is 0.00000121. The van der Waals surface area contributed by atoms with Gasteiger partial charge in [-0.25, -0.2) is 4.79 Å². The molecule has 1 aromatic carbocycles. The van der Waals surface area contributed by atoms with Gasteiger partial charge in [0.25, 0.3) is 0 Å². The Morgan fingerprint density at radius 2 is 2.00 bits per heavy atom. The molecule has 0 saturated heterocycles. The van der Waals surface area contributed by atoms with Crippen LogP contribution >= 0.6 is 0 Å². The average molecular weight is 177 g/mol. The molecule has 0 spiro atoms. The molecular formula is C7H8NNaO3. The zero-order valence-corrected chi connectivity index (χ0v) is 5.65. The van der Waals surface area contributed by atoms with Crippen molar-refractivity contribution in [2.24, 2.45) is 5.90 Å². The second kappa shape index (κ2) is 5.16. The van der Waals surface area contributed by atoms with E-state index < -0.39 is 5.97 Å². The molecule has 0 unspecified atom stereocenters. The van der Waals surface area contributed by atoms with E-state index in [9.17, 15) is 4.79 Å². The number of aromatic hydroxyl groups is 1. The molecule has 1 rings (SSSR count). The van der Waals surface area contributed by atoms with Crippen molar-refractivity contribution in [1.82, 2.24) is 0 Å². The molecule has 5 heteroatoms. The van der Waals surface area contributed by atoms with Crippen molar-refractivity contribution < 1.29 is 14.7 Å². The Morgan fingerprint density at radius 3 is 2.50 bits per heavy atom. The molecule has 12 heavy (non-hydrogen) atoms. The van der Waals surface area contributed by atoms with Gasteiger partial charge in [0, 0.05) is 0 Å². The topological polar surface area (TPSA) is 72.5 Å². The van der Waals surface area contributed by atoms with Crippen molar-refractivity contribution in [2.45, 2.75) is 0 Å². The van der Waals surface area contributed by atoms with Gasteiger partial charge in [0.2, 0.25) is 0 Å². The molecule has 0 amide bonds. The van der Waals surface area contributed by atoms with Gasteiger partial charge in [-0.3, -0.25) is 0 Å². The maximum absolute atomic E-state index is 10.7. The first-order valence-corrected chi connectivity index (χ1v) is 2.94. The van der Waals surface area contributed by atoms with Gasteiger partial charge in [0.15, 0.2) is 0 Å². The number of phenols is 1. The summed E-state index contributed by atoms with van der Waals surface area (Å²) in [5.74, 6) is 3.73. The minimum atomic E-state index is -0.747. The van der Waals surface area contributed by atoms with Crippen LogP contribution in [0.5, 0.6) is 5.75 Å². The molecule has 0 aliphatic carbocycles. The van der Waals surface area contributed by atoms with E-state index in [0.717, 1.165) is 0 Å². The van der Waals surface area contributed by atoms with Crippen molar-refractivity contribution >= 4 is 35.5 Å². The van der Waals surface area contributed by atoms with Crippen molar-refractivity contribution in [1.29, 1.82) is 0 Å². The fourth-order valence-electron chi connectivity index (χ4n) is 0.710. The maximum atomic E-state index is 10.7. The molecule has 4 nitrogen and oxygen atoms in total. The van der Waals surface area contributed by atoms with Crippen LogP contribution in [-0.2, 0) is 4.84 Å². The number of phenolic OH excluding ortho intramolecular Hbond substituents is 1. The SMILES string of the molecule is NOC(=O)c1ccccc1O.[NaH]. The summed E-state index contributed by atoms with van der Waals surface area (Å²) in [4.78, 5) is 14.6. The number of carbonyl (C=O) groups is 1. The van der Waals surface area contributed by atoms with Gasteiger partial charge >= 0.3 is 35.5 Å². The van der Waals surface area contributed by atoms with Crippen LogP contribution in [0.15, 0.2) is 24.3 Å². The predicted octanol–water partition coefficient (Wildman–Crippen LogP) is -0.226. The number of carbonyl (C=O) groups excluding carboxylic acids is 1. The van der Waals surface area contributed by atoms with Crippen LogP contribution in [0.4, 0.5) is 0 Å². The van der Waals surface area contributed by atoms with E-state index in [1.807, 2.05) is 0 Å². The van der Waals surface area contributed by atoms with Gasteiger partial charge in [0.1, 0.15) is 11.3 Å². The fourth-order valence-corrected chi connectivity index (χ4v) is 0.710. The first-order valence-electron chi connectivity index (χ1n) is 2.94. The quantitative estimate of drug-likeness (QED) is 0.459. The normalized spacial score (nSPS) is 8.42. The third-order valence-corrected chi connectivity index (χ3v) is 1.23. The second-order valence-corrected chi connectivity index (χ2v) is 1.92. The first kappa shape index (κ1) is 11.4. The molecule has 0 fully saturated rings. The molecule has 0 atom stereocenters. The second-order valence-electron chi connectivity index (χ2n) is 1.92. The van der Waals surface area contributed by atoms with Crippen molar-refractivity contribution in [2.75, 3.05) is 0 Å². The van der Waals surface area contributed by atoms with Gasteiger partial charge in [0.05, 0.1) is 0 Å². The van der Waals surface area contributed by atoms with Crippen LogP contribution in [-0.4, -0.2) is 40.6 Å². The summed E-state index contributed by atoms with van der Waals surface area (Å²) in [5, 5.41) is 9.06. The van der Waals surface area contributed by atoms with E-state index in [4.69, 9.17) is 5.11 Å². The number of hydrogen-bond donors (Lipinski definition) is 2. The summed E-state index contributed by atoms with van der Waals surface area (Å²) in [7, 11) is 0. The molecule has 0 heterocycles. The molecule has 1 aromatic rings. The molecule has 0 aromatic heterocycles. The van der Waals surface area contributed by atoms with E-state index in [1.165, 1.54) is 12.1 Å². The van der Waals surface area contributed by atoms with Crippen molar-refractivity contribution in [3.05, 3.63) is 29.8 Å². The van der Waals surface area contributed by atoms with Crippen molar-refractivity contribution in [3.63, 3.8) is 0 Å². The van der Waals surface area contributed by atoms with Crippen LogP contribution in [0.2, 0.25) is 0 Å². The van der Waals surface area contributed by atoms with E-state index in [0.29, 0.717) is 0 Å². The Kier molecular flexibility index (Phi) is 4.92. The number of hydrogen-bond acceptors (Lipinski definition) is 4. The van der Waals surface area contributed by atoms with Crippen molar-refractivity contribution in [3.8, 4) is 5.75 Å². The van der Waals surface area contributed by atoms with Gasteiger partial charge in [-0.15, -0.1) is 0 Å². The molecule has 0 saturated carbocycles. The Labute approximate surface area is 91.6 Å². The minimum absolute atomic E-state index is 0. The number of rotatable bonds is 1. The monoisotopic (exact) mass is 177 g/mol. The third-order valence-electron chi connectivity index (χ3n) is 1.23. The summed E-state index contributed by atoms with van der Waals surface area (Å²) in [6.07, 6.45) is 0.